The second kappa shape index (κ2) is 10.7. The fourth-order valence-electron chi connectivity index (χ4n) is 5.91. The summed E-state index contributed by atoms with van der Waals surface area (Å²) < 4.78 is 36.7. The maximum absolute atomic E-state index is 8.49. The van der Waals surface area contributed by atoms with E-state index in [4.69, 9.17) is 18.6 Å². The Balaban J connectivity index is 0.000000514. The summed E-state index contributed by atoms with van der Waals surface area (Å²) in [6.07, 6.45) is 6.92. The standard InChI is InChI=1S/C31H30N.ClHO4/c1-2-3-21-32-30-25-15-9-7-11-22(25)17-19-27(30)29(24-13-5-4-6-14-24)28-20-18-23-12-8-10-16-26(23)31(28)32;2-1(3,4)5/h4-16H,2-3,17-21H2,1H3;(H,2,3,4,5)/q+1;/p-1. The fraction of sp³-hybridized carbons (Fsp3) is 0.258. The van der Waals surface area contributed by atoms with E-state index in [1.807, 2.05) is 0 Å². The van der Waals surface area contributed by atoms with Crippen molar-refractivity contribution in [3.05, 3.63) is 101 Å². The van der Waals surface area contributed by atoms with E-state index in [-0.39, 0.29) is 0 Å². The van der Waals surface area contributed by atoms with Gasteiger partial charge in [0.25, 0.3) is 0 Å². The number of halogens is 1. The molecule has 0 aliphatic heterocycles. The summed E-state index contributed by atoms with van der Waals surface area (Å²) in [4.78, 5) is 0. The van der Waals surface area contributed by atoms with E-state index in [1.54, 1.807) is 11.1 Å². The molecule has 0 fully saturated rings. The van der Waals surface area contributed by atoms with Crippen molar-refractivity contribution in [3.8, 4) is 33.6 Å². The molecule has 2 aliphatic carbocycles. The Labute approximate surface area is 220 Å². The first kappa shape index (κ1) is 25.6. The summed E-state index contributed by atoms with van der Waals surface area (Å²) in [5.74, 6) is 0. The number of hydrogen-bond acceptors (Lipinski definition) is 4. The molecule has 1 heterocycles. The maximum atomic E-state index is 8.49. The van der Waals surface area contributed by atoms with Crippen LogP contribution < -0.4 is 23.2 Å². The van der Waals surface area contributed by atoms with Gasteiger partial charge in [0.1, 0.15) is 6.54 Å². The Kier molecular flexibility index (Phi) is 7.43. The highest BCUT2D eigenvalue weighted by Gasteiger charge is 2.37. The highest BCUT2D eigenvalue weighted by Crippen LogP contribution is 2.44. The van der Waals surface area contributed by atoms with Crippen LogP contribution in [0.2, 0.25) is 0 Å². The molecule has 0 N–H and O–H groups in total. The van der Waals surface area contributed by atoms with E-state index < -0.39 is 10.2 Å². The minimum absolute atomic E-state index is 1.08. The summed E-state index contributed by atoms with van der Waals surface area (Å²) in [6, 6.07) is 29.4. The van der Waals surface area contributed by atoms with Gasteiger partial charge in [-0.1, -0.05) is 80.1 Å². The van der Waals surface area contributed by atoms with Gasteiger partial charge in [-0.05, 0) is 54.5 Å². The molecule has 0 atom stereocenters. The lowest BCUT2D eigenvalue weighted by molar-refractivity contribution is -2.00. The van der Waals surface area contributed by atoms with Crippen molar-refractivity contribution >= 4 is 0 Å². The number of fused-ring (bicyclic) bond motifs is 6. The molecule has 2 aliphatic rings. The van der Waals surface area contributed by atoms with Crippen LogP contribution in [-0.4, -0.2) is 0 Å². The van der Waals surface area contributed by atoms with E-state index in [1.165, 1.54) is 57.6 Å². The van der Waals surface area contributed by atoms with Crippen LogP contribution in [0.4, 0.5) is 0 Å². The fourth-order valence-corrected chi connectivity index (χ4v) is 5.91. The van der Waals surface area contributed by atoms with Crippen LogP contribution in [-0.2, 0) is 32.2 Å². The van der Waals surface area contributed by atoms with Crippen LogP contribution in [0.25, 0.3) is 33.6 Å². The third kappa shape index (κ3) is 5.33. The normalized spacial score (nSPS) is 13.4. The monoisotopic (exact) mass is 515 g/mol. The van der Waals surface area contributed by atoms with Crippen LogP contribution in [0.15, 0.2) is 78.9 Å². The van der Waals surface area contributed by atoms with Gasteiger partial charge in [0.05, 0.1) is 0 Å². The molecular weight excluding hydrogens is 486 g/mol. The van der Waals surface area contributed by atoms with E-state index >= 15 is 0 Å². The van der Waals surface area contributed by atoms with Gasteiger partial charge in [-0.3, -0.25) is 0 Å². The molecule has 0 saturated heterocycles. The lowest BCUT2D eigenvalue weighted by Gasteiger charge is -2.28. The molecule has 3 aromatic carbocycles. The van der Waals surface area contributed by atoms with E-state index in [2.05, 4.69) is 90.4 Å². The molecule has 1 aromatic heterocycles. The van der Waals surface area contributed by atoms with Gasteiger partial charge in [0, 0.05) is 34.2 Å². The largest absolute Gasteiger partial charge is 0.222 e. The van der Waals surface area contributed by atoms with E-state index in [0.29, 0.717) is 0 Å². The Bertz CT molecular complexity index is 1330. The zero-order valence-electron chi connectivity index (χ0n) is 20.9. The average molecular weight is 516 g/mol. The van der Waals surface area contributed by atoms with Crippen LogP contribution in [0.5, 0.6) is 0 Å². The quantitative estimate of drug-likeness (QED) is 0.389. The van der Waals surface area contributed by atoms with Crippen LogP contribution in [0.1, 0.15) is 42.0 Å². The summed E-state index contributed by atoms with van der Waals surface area (Å²) in [7, 11) is -4.94. The molecule has 190 valence electrons. The first-order valence-electron chi connectivity index (χ1n) is 12.8. The molecule has 0 spiro atoms. The van der Waals surface area contributed by atoms with Crippen LogP contribution in [0.3, 0.4) is 0 Å². The minimum atomic E-state index is -4.94. The summed E-state index contributed by atoms with van der Waals surface area (Å²) in [5, 5.41) is 0. The van der Waals surface area contributed by atoms with Crippen molar-refractivity contribution in [2.45, 2.75) is 52.0 Å². The number of unbranched alkanes of at least 4 members (excludes halogenated alkanes) is 1. The number of rotatable bonds is 4. The molecule has 0 saturated carbocycles. The van der Waals surface area contributed by atoms with Gasteiger partial charge < -0.3 is 0 Å². The molecule has 4 aromatic rings. The number of benzene rings is 3. The van der Waals surface area contributed by atoms with E-state index in [9.17, 15) is 0 Å². The second-order valence-electron chi connectivity index (χ2n) is 9.59. The molecule has 0 bridgehead atoms. The number of nitrogens with zero attached hydrogens (tertiary/aromatic N) is 1. The number of aromatic nitrogens is 1. The smallest absolute Gasteiger partial charge is 0.217 e. The molecular formula is C31H30ClNO4. The first-order chi connectivity index (χ1) is 17.9. The lowest BCUT2D eigenvalue weighted by atomic mass is 9.77. The van der Waals surface area contributed by atoms with Crippen LogP contribution in [0, 0.1) is 10.2 Å². The molecule has 0 unspecified atom stereocenters. The molecule has 6 heteroatoms. The zero-order chi connectivity index (χ0) is 26.0. The summed E-state index contributed by atoms with van der Waals surface area (Å²) >= 11 is 0. The third-order valence-electron chi connectivity index (χ3n) is 7.35. The summed E-state index contributed by atoms with van der Waals surface area (Å²) in [5.41, 5.74) is 14.8. The van der Waals surface area contributed by atoms with Crippen molar-refractivity contribution in [1.29, 1.82) is 0 Å². The summed E-state index contributed by atoms with van der Waals surface area (Å²) in [6.45, 7) is 3.39. The molecule has 0 amide bonds. The predicted octanol–water partition coefficient (Wildman–Crippen LogP) is 2.22. The van der Waals surface area contributed by atoms with Crippen molar-refractivity contribution in [2.24, 2.45) is 0 Å². The highest BCUT2D eigenvalue weighted by atomic mass is 35.7. The number of aryl methyl sites for hydroxylation is 2. The average Bonchev–Trinajstić information content (AvgIpc) is 2.90. The third-order valence-corrected chi connectivity index (χ3v) is 7.35. The van der Waals surface area contributed by atoms with Crippen molar-refractivity contribution in [1.82, 2.24) is 0 Å². The van der Waals surface area contributed by atoms with Gasteiger partial charge in [-0.2, -0.15) is 4.57 Å². The van der Waals surface area contributed by atoms with E-state index in [0.717, 1.165) is 32.2 Å². The molecule has 6 rings (SSSR count). The molecule has 5 nitrogen and oxygen atoms in total. The second-order valence-corrected chi connectivity index (χ2v) is 10.3. The Hall–Kier alpha value is -3.06. The minimum Gasteiger partial charge on any atom is -0.222 e. The van der Waals surface area contributed by atoms with Crippen molar-refractivity contribution in [2.75, 3.05) is 0 Å². The Morgan fingerprint density at radius 2 is 1.11 bits per heavy atom. The van der Waals surface area contributed by atoms with Gasteiger partial charge in [0.15, 0.2) is 0 Å². The Morgan fingerprint density at radius 3 is 1.59 bits per heavy atom. The number of pyridine rings is 1. The van der Waals surface area contributed by atoms with Gasteiger partial charge in [0.2, 0.25) is 11.4 Å². The highest BCUT2D eigenvalue weighted by molar-refractivity contribution is 5.85. The maximum Gasteiger partial charge on any atom is 0.217 e. The molecule has 0 radical (unpaired) electrons. The van der Waals surface area contributed by atoms with Crippen molar-refractivity contribution < 1.29 is 33.4 Å². The predicted molar refractivity (Wildman–Crippen MR) is 133 cm³/mol. The Morgan fingerprint density at radius 1 is 0.649 bits per heavy atom. The van der Waals surface area contributed by atoms with Crippen molar-refractivity contribution in [3.63, 3.8) is 0 Å². The van der Waals surface area contributed by atoms with Gasteiger partial charge in [-0.15, -0.1) is 10.2 Å². The SMILES string of the molecule is CCCC[n+]1c2c(c(-c3ccccc3)c3c1-c1ccccc1CC3)CCc1ccccc1-2.[O-][Cl+3]([O-])([O-])[O-]. The lowest BCUT2D eigenvalue weighted by Crippen LogP contribution is -2.68. The first-order valence-corrected chi connectivity index (χ1v) is 14.1. The van der Waals surface area contributed by atoms with Gasteiger partial charge in [-0.25, -0.2) is 18.6 Å². The van der Waals surface area contributed by atoms with Gasteiger partial charge >= 0.3 is 0 Å². The number of hydrogen-bond donors (Lipinski definition) is 0. The topological polar surface area (TPSA) is 96.1 Å². The zero-order valence-corrected chi connectivity index (χ0v) is 21.7. The molecule has 37 heavy (non-hydrogen) atoms. The van der Waals surface area contributed by atoms with Crippen LogP contribution >= 0.6 is 0 Å².